The second-order valence-corrected chi connectivity index (χ2v) is 8.60. The van der Waals surface area contributed by atoms with Crippen LogP contribution in [-0.4, -0.2) is 18.5 Å². The van der Waals surface area contributed by atoms with Crippen LogP contribution in [0.4, 0.5) is 28.0 Å². The Morgan fingerprint density at radius 1 is 1.08 bits per heavy atom. The molecular formula is C28H22F4N4O2. The number of nitrogens with zero attached hydrogens (tertiary/aromatic N) is 2. The summed E-state index contributed by atoms with van der Waals surface area (Å²) in [6, 6.07) is 17.0. The molecule has 1 heterocycles. The van der Waals surface area contributed by atoms with Crippen molar-refractivity contribution in [2.75, 3.05) is 11.4 Å². The average Bonchev–Trinajstić information content (AvgIpc) is 2.89. The predicted octanol–water partition coefficient (Wildman–Crippen LogP) is 5.62. The summed E-state index contributed by atoms with van der Waals surface area (Å²) in [6.45, 7) is 1.55. The van der Waals surface area contributed by atoms with Crippen molar-refractivity contribution < 1.29 is 27.2 Å². The molecule has 0 fully saturated rings. The zero-order chi connectivity index (χ0) is 27.4. The fraction of sp³-hybridized carbons (Fsp3) is 0.179. The van der Waals surface area contributed by atoms with E-state index in [1.54, 1.807) is 30.3 Å². The number of amides is 3. The summed E-state index contributed by atoms with van der Waals surface area (Å²) in [7, 11) is 0. The van der Waals surface area contributed by atoms with Crippen LogP contribution in [0.15, 0.2) is 84.1 Å². The summed E-state index contributed by atoms with van der Waals surface area (Å²) >= 11 is 0. The number of rotatable bonds is 6. The summed E-state index contributed by atoms with van der Waals surface area (Å²) in [5, 5.41) is 14.5. The Morgan fingerprint density at radius 3 is 2.45 bits per heavy atom. The number of nitrogens with one attached hydrogen (secondary N) is 2. The number of alkyl halides is 3. The lowest BCUT2D eigenvalue weighted by Gasteiger charge is -2.36. The van der Waals surface area contributed by atoms with Crippen molar-refractivity contribution in [2.45, 2.75) is 25.6 Å². The van der Waals surface area contributed by atoms with Gasteiger partial charge in [0.1, 0.15) is 5.82 Å². The molecule has 0 saturated heterocycles. The predicted molar refractivity (Wildman–Crippen MR) is 132 cm³/mol. The molecule has 1 aliphatic rings. The molecule has 1 atom stereocenters. The first-order valence-corrected chi connectivity index (χ1v) is 11.6. The van der Waals surface area contributed by atoms with E-state index in [0.717, 1.165) is 17.0 Å². The number of urea groups is 1. The van der Waals surface area contributed by atoms with E-state index in [2.05, 4.69) is 10.6 Å². The highest BCUT2D eigenvalue weighted by Crippen LogP contribution is 2.36. The molecule has 6 nitrogen and oxygen atoms in total. The second-order valence-electron chi connectivity index (χ2n) is 8.60. The molecule has 3 aromatic carbocycles. The fourth-order valence-corrected chi connectivity index (χ4v) is 4.28. The molecule has 0 aromatic heterocycles. The third-order valence-electron chi connectivity index (χ3n) is 6.17. The van der Waals surface area contributed by atoms with Crippen LogP contribution in [0.1, 0.15) is 35.2 Å². The van der Waals surface area contributed by atoms with Crippen LogP contribution in [0, 0.1) is 17.1 Å². The summed E-state index contributed by atoms with van der Waals surface area (Å²) < 4.78 is 54.0. The van der Waals surface area contributed by atoms with Crippen molar-refractivity contribution in [1.82, 2.24) is 10.6 Å². The second kappa shape index (κ2) is 10.8. The third kappa shape index (κ3) is 5.52. The monoisotopic (exact) mass is 522 g/mol. The molecule has 0 bridgehead atoms. The highest BCUT2D eigenvalue weighted by molar-refractivity contribution is 6.04. The van der Waals surface area contributed by atoms with Crippen molar-refractivity contribution in [3.05, 3.63) is 112 Å². The van der Waals surface area contributed by atoms with Gasteiger partial charge in [-0.25, -0.2) is 9.18 Å². The highest BCUT2D eigenvalue weighted by Gasteiger charge is 2.37. The average molecular weight is 523 g/mol. The molecule has 194 valence electrons. The Bertz CT molecular complexity index is 1440. The zero-order valence-corrected chi connectivity index (χ0v) is 20.1. The Labute approximate surface area is 216 Å². The quantitative estimate of drug-likeness (QED) is 0.412. The van der Waals surface area contributed by atoms with E-state index in [0.29, 0.717) is 16.7 Å². The maximum Gasteiger partial charge on any atom is 0.416 e. The van der Waals surface area contributed by atoms with Crippen molar-refractivity contribution in [1.29, 1.82) is 5.26 Å². The van der Waals surface area contributed by atoms with Gasteiger partial charge in [0.05, 0.1) is 34.5 Å². The van der Waals surface area contributed by atoms with E-state index in [4.69, 9.17) is 5.26 Å². The Hall–Kier alpha value is -4.65. The van der Waals surface area contributed by atoms with Crippen LogP contribution in [0.3, 0.4) is 0 Å². The van der Waals surface area contributed by atoms with E-state index < -0.39 is 35.5 Å². The van der Waals surface area contributed by atoms with Gasteiger partial charge in [0.25, 0.3) is 5.91 Å². The fourth-order valence-electron chi connectivity index (χ4n) is 4.28. The lowest BCUT2D eigenvalue weighted by Crippen LogP contribution is -2.49. The van der Waals surface area contributed by atoms with Crippen LogP contribution in [-0.2, 0) is 17.4 Å². The van der Waals surface area contributed by atoms with E-state index >= 15 is 0 Å². The number of halogens is 4. The number of hydrogen-bond donors (Lipinski definition) is 2. The first-order valence-electron chi connectivity index (χ1n) is 11.6. The zero-order valence-electron chi connectivity index (χ0n) is 20.1. The normalized spacial score (nSPS) is 15.6. The standard InChI is InChI=1S/C28H22F4N4O2/c1-17-24(26(37)34-14-13-19-5-2-3-8-23(19)29)25(20-11-9-18(16-33)10-12-20)35-27(38)36(17)22-7-4-6-21(15-22)28(30,31)32/h2-12,15,25H,13-14H2,1H3,(H,34,37)(H,35,38). The van der Waals surface area contributed by atoms with Crippen molar-refractivity contribution in [3.8, 4) is 6.07 Å². The van der Waals surface area contributed by atoms with Crippen LogP contribution < -0.4 is 15.5 Å². The molecular weight excluding hydrogens is 500 g/mol. The van der Waals surface area contributed by atoms with Gasteiger partial charge in [0.15, 0.2) is 0 Å². The highest BCUT2D eigenvalue weighted by atomic mass is 19.4. The van der Waals surface area contributed by atoms with Crippen LogP contribution in [0.2, 0.25) is 0 Å². The van der Waals surface area contributed by atoms with E-state index in [1.807, 2.05) is 6.07 Å². The maximum atomic E-state index is 14.0. The first-order chi connectivity index (χ1) is 18.1. The van der Waals surface area contributed by atoms with E-state index in [-0.39, 0.29) is 29.9 Å². The maximum absolute atomic E-state index is 14.0. The number of anilines is 1. The molecule has 3 amide bonds. The van der Waals surface area contributed by atoms with Gasteiger partial charge < -0.3 is 10.6 Å². The number of carbonyl (C=O) groups excluding carboxylic acids is 2. The minimum atomic E-state index is -4.63. The summed E-state index contributed by atoms with van der Waals surface area (Å²) in [4.78, 5) is 27.6. The van der Waals surface area contributed by atoms with Gasteiger partial charge in [-0.05, 0) is 60.9 Å². The molecule has 1 aliphatic heterocycles. The number of benzene rings is 3. The smallest absolute Gasteiger partial charge is 0.352 e. The minimum Gasteiger partial charge on any atom is -0.352 e. The number of nitriles is 1. The van der Waals surface area contributed by atoms with E-state index in [9.17, 15) is 27.2 Å². The number of carbonyl (C=O) groups is 2. The SMILES string of the molecule is CC1=C(C(=O)NCCc2ccccc2F)C(c2ccc(C#N)cc2)NC(=O)N1c1cccc(C(F)(F)F)c1. The van der Waals surface area contributed by atoms with Crippen LogP contribution >= 0.6 is 0 Å². The van der Waals surface area contributed by atoms with Crippen LogP contribution in [0.5, 0.6) is 0 Å². The molecule has 0 saturated carbocycles. The molecule has 0 aliphatic carbocycles. The number of hydrogen-bond acceptors (Lipinski definition) is 3. The molecule has 0 radical (unpaired) electrons. The van der Waals surface area contributed by atoms with Gasteiger partial charge >= 0.3 is 12.2 Å². The molecule has 2 N–H and O–H groups in total. The van der Waals surface area contributed by atoms with Crippen molar-refractivity contribution in [2.24, 2.45) is 0 Å². The van der Waals surface area contributed by atoms with Crippen molar-refractivity contribution in [3.63, 3.8) is 0 Å². The lowest BCUT2D eigenvalue weighted by molar-refractivity contribution is -0.137. The molecule has 1 unspecified atom stereocenters. The Kier molecular flexibility index (Phi) is 7.48. The van der Waals surface area contributed by atoms with Crippen molar-refractivity contribution >= 4 is 17.6 Å². The van der Waals surface area contributed by atoms with Gasteiger partial charge in [-0.15, -0.1) is 0 Å². The molecule has 3 aromatic rings. The third-order valence-corrected chi connectivity index (χ3v) is 6.17. The van der Waals surface area contributed by atoms with Gasteiger partial charge in [-0.1, -0.05) is 36.4 Å². The first kappa shape index (κ1) is 26.4. The molecule has 10 heteroatoms. The van der Waals surface area contributed by atoms with Gasteiger partial charge in [0.2, 0.25) is 0 Å². The number of allylic oxidation sites excluding steroid dienone is 1. The molecule has 4 rings (SSSR count). The van der Waals surface area contributed by atoms with E-state index in [1.165, 1.54) is 37.3 Å². The summed E-state index contributed by atoms with van der Waals surface area (Å²) in [5.41, 5.74) is 0.499. The van der Waals surface area contributed by atoms with Gasteiger partial charge in [-0.3, -0.25) is 9.69 Å². The lowest BCUT2D eigenvalue weighted by atomic mass is 9.93. The topological polar surface area (TPSA) is 85.2 Å². The molecule has 0 spiro atoms. The Balaban J connectivity index is 1.71. The van der Waals surface area contributed by atoms with Crippen LogP contribution in [0.25, 0.3) is 0 Å². The summed E-state index contributed by atoms with van der Waals surface area (Å²) in [5.74, 6) is -0.988. The minimum absolute atomic E-state index is 0.0650. The molecule has 38 heavy (non-hydrogen) atoms. The van der Waals surface area contributed by atoms with Gasteiger partial charge in [0, 0.05) is 12.2 Å². The van der Waals surface area contributed by atoms with Gasteiger partial charge in [-0.2, -0.15) is 18.4 Å². The Morgan fingerprint density at radius 2 is 1.79 bits per heavy atom. The largest absolute Gasteiger partial charge is 0.416 e. The summed E-state index contributed by atoms with van der Waals surface area (Å²) in [6.07, 6.45) is -4.42.